The summed E-state index contributed by atoms with van der Waals surface area (Å²) in [6.07, 6.45) is 0. The minimum atomic E-state index is -0.362. The van der Waals surface area contributed by atoms with Crippen LogP contribution in [0.4, 0.5) is 5.69 Å². The lowest BCUT2D eigenvalue weighted by Crippen LogP contribution is -2.31. The number of carbonyl (C=O) groups excluding carboxylic acids is 2. The van der Waals surface area contributed by atoms with E-state index in [0.29, 0.717) is 24.7 Å². The van der Waals surface area contributed by atoms with Gasteiger partial charge in [0.1, 0.15) is 6.61 Å². The number of amides is 2. The van der Waals surface area contributed by atoms with Gasteiger partial charge in [-0.25, -0.2) is 0 Å². The number of carbonyl (C=O) groups is 2. The fourth-order valence-corrected chi connectivity index (χ4v) is 3.83. The summed E-state index contributed by atoms with van der Waals surface area (Å²) in [4.78, 5) is 24.6. The Balaban J connectivity index is 1.44. The van der Waals surface area contributed by atoms with Gasteiger partial charge in [-0.1, -0.05) is 54.1 Å². The lowest BCUT2D eigenvalue weighted by molar-refractivity contribution is -0.120. The third kappa shape index (κ3) is 7.85. The van der Waals surface area contributed by atoms with Crippen LogP contribution in [-0.4, -0.2) is 29.9 Å². The highest BCUT2D eigenvalue weighted by atomic mass is 32.2. The number of thioether (sulfide) groups is 1. The number of ether oxygens (including phenoxy) is 2. The van der Waals surface area contributed by atoms with Crippen molar-refractivity contribution in [2.24, 2.45) is 0 Å². The predicted molar refractivity (Wildman–Crippen MR) is 137 cm³/mol. The van der Waals surface area contributed by atoms with E-state index in [-0.39, 0.29) is 22.8 Å². The van der Waals surface area contributed by atoms with Gasteiger partial charge in [0.2, 0.25) is 11.8 Å². The first-order valence-corrected chi connectivity index (χ1v) is 12.1. The van der Waals surface area contributed by atoms with Gasteiger partial charge in [-0.15, -0.1) is 11.8 Å². The monoisotopic (exact) mass is 478 g/mol. The third-order valence-electron chi connectivity index (χ3n) is 5.10. The largest absolute Gasteiger partial charge is 0.493 e. The van der Waals surface area contributed by atoms with E-state index in [4.69, 9.17) is 9.47 Å². The number of hydrogen-bond acceptors (Lipinski definition) is 5. The molecule has 0 aliphatic rings. The van der Waals surface area contributed by atoms with Gasteiger partial charge in [0, 0.05) is 12.2 Å². The summed E-state index contributed by atoms with van der Waals surface area (Å²) in [5, 5.41) is 5.40. The van der Waals surface area contributed by atoms with Crippen LogP contribution in [-0.2, 0) is 22.7 Å². The summed E-state index contributed by atoms with van der Waals surface area (Å²) in [5.41, 5.74) is 3.84. The molecule has 2 amide bonds. The molecule has 3 aromatic rings. The van der Waals surface area contributed by atoms with Crippen LogP contribution < -0.4 is 20.1 Å². The molecule has 0 fully saturated rings. The van der Waals surface area contributed by atoms with Gasteiger partial charge in [0.25, 0.3) is 0 Å². The molecule has 0 radical (unpaired) electrons. The molecule has 2 N–H and O–H groups in total. The smallest absolute Gasteiger partial charge is 0.234 e. The first-order chi connectivity index (χ1) is 16.4. The summed E-state index contributed by atoms with van der Waals surface area (Å²) in [7, 11) is 1.59. The van der Waals surface area contributed by atoms with E-state index in [0.717, 1.165) is 22.4 Å². The van der Waals surface area contributed by atoms with Crippen molar-refractivity contribution in [2.75, 3.05) is 18.2 Å². The van der Waals surface area contributed by atoms with Crippen LogP contribution in [0.3, 0.4) is 0 Å². The lowest BCUT2D eigenvalue weighted by Gasteiger charge is -2.14. The molecule has 6 nitrogen and oxygen atoms in total. The van der Waals surface area contributed by atoms with Crippen molar-refractivity contribution in [2.45, 2.75) is 32.2 Å². The van der Waals surface area contributed by atoms with E-state index in [1.165, 1.54) is 11.8 Å². The highest BCUT2D eigenvalue weighted by Gasteiger charge is 2.16. The molecule has 0 bridgehead atoms. The average molecular weight is 479 g/mol. The number of aryl methyl sites for hydroxylation is 1. The zero-order chi connectivity index (χ0) is 24.3. The van der Waals surface area contributed by atoms with Crippen LogP contribution in [0.5, 0.6) is 11.5 Å². The van der Waals surface area contributed by atoms with E-state index in [1.807, 2.05) is 79.7 Å². The van der Waals surface area contributed by atoms with Gasteiger partial charge < -0.3 is 20.1 Å². The second-order valence-corrected chi connectivity index (χ2v) is 9.17. The molecule has 1 atom stereocenters. The molecule has 3 rings (SSSR count). The SMILES string of the molecule is COc1cc(CNC(=O)C(C)SCC(=O)Nc2ccc(C)cc2)ccc1OCc1ccccc1. The first-order valence-electron chi connectivity index (χ1n) is 11.0. The fraction of sp³-hybridized carbons (Fsp3) is 0.259. The van der Waals surface area contributed by atoms with Gasteiger partial charge in [-0.05, 0) is 49.2 Å². The summed E-state index contributed by atoms with van der Waals surface area (Å²) in [6, 6.07) is 23.1. The van der Waals surface area contributed by atoms with Crippen molar-refractivity contribution in [3.8, 4) is 11.5 Å². The Morgan fingerprint density at radius 3 is 2.38 bits per heavy atom. The zero-order valence-electron chi connectivity index (χ0n) is 19.7. The Morgan fingerprint density at radius 1 is 0.941 bits per heavy atom. The molecule has 0 aromatic heterocycles. The number of anilines is 1. The molecular weight excluding hydrogens is 448 g/mol. The van der Waals surface area contributed by atoms with Crippen molar-refractivity contribution >= 4 is 29.3 Å². The van der Waals surface area contributed by atoms with E-state index >= 15 is 0 Å². The quantitative estimate of drug-likeness (QED) is 0.407. The Labute approximate surface area is 205 Å². The third-order valence-corrected chi connectivity index (χ3v) is 6.24. The van der Waals surface area contributed by atoms with E-state index in [9.17, 15) is 9.59 Å². The molecule has 3 aromatic carbocycles. The second kappa shape index (κ2) is 12.7. The van der Waals surface area contributed by atoms with Gasteiger partial charge in [0.05, 0.1) is 18.1 Å². The average Bonchev–Trinajstić information content (AvgIpc) is 2.86. The Hall–Kier alpha value is -3.45. The molecule has 178 valence electrons. The van der Waals surface area contributed by atoms with Crippen molar-refractivity contribution in [1.29, 1.82) is 0 Å². The Morgan fingerprint density at radius 2 is 1.68 bits per heavy atom. The van der Waals surface area contributed by atoms with E-state index < -0.39 is 0 Å². The maximum absolute atomic E-state index is 12.5. The minimum Gasteiger partial charge on any atom is -0.493 e. The van der Waals surface area contributed by atoms with Crippen LogP contribution in [0, 0.1) is 6.92 Å². The maximum Gasteiger partial charge on any atom is 0.234 e. The number of nitrogens with one attached hydrogen (secondary N) is 2. The Bertz CT molecular complexity index is 1090. The number of benzene rings is 3. The second-order valence-electron chi connectivity index (χ2n) is 7.84. The molecular formula is C27H30N2O4S. The summed E-state index contributed by atoms with van der Waals surface area (Å²) in [6.45, 7) is 4.58. The van der Waals surface area contributed by atoms with Gasteiger partial charge in [0.15, 0.2) is 11.5 Å². The van der Waals surface area contributed by atoms with Crippen LogP contribution in [0.25, 0.3) is 0 Å². The van der Waals surface area contributed by atoms with Crippen molar-refractivity contribution < 1.29 is 19.1 Å². The van der Waals surface area contributed by atoms with Crippen molar-refractivity contribution in [1.82, 2.24) is 5.32 Å². The molecule has 0 saturated carbocycles. The van der Waals surface area contributed by atoms with Gasteiger partial charge >= 0.3 is 0 Å². The molecule has 0 spiro atoms. The highest BCUT2D eigenvalue weighted by Crippen LogP contribution is 2.29. The highest BCUT2D eigenvalue weighted by molar-refractivity contribution is 8.01. The van der Waals surface area contributed by atoms with Gasteiger partial charge in [-0.2, -0.15) is 0 Å². The predicted octanol–water partition coefficient (Wildman–Crippen LogP) is 4.96. The van der Waals surface area contributed by atoms with Crippen molar-refractivity contribution in [3.63, 3.8) is 0 Å². The maximum atomic E-state index is 12.5. The lowest BCUT2D eigenvalue weighted by atomic mass is 10.2. The number of methoxy groups -OCH3 is 1. The molecule has 7 heteroatoms. The summed E-state index contributed by atoms with van der Waals surface area (Å²) < 4.78 is 11.3. The Kier molecular flexibility index (Phi) is 9.40. The van der Waals surface area contributed by atoms with Crippen LogP contribution in [0.15, 0.2) is 72.8 Å². The number of hydrogen-bond donors (Lipinski definition) is 2. The molecule has 0 saturated heterocycles. The molecule has 0 heterocycles. The standard InChI is InChI=1S/C27H30N2O4S/c1-19-9-12-23(13-10-19)29-26(30)18-34-20(2)27(31)28-16-22-11-14-24(25(15-22)32-3)33-17-21-7-5-4-6-8-21/h4-15,20H,16-18H2,1-3H3,(H,28,31)(H,29,30). The number of rotatable bonds is 11. The fourth-order valence-electron chi connectivity index (χ4n) is 3.12. The topological polar surface area (TPSA) is 76.7 Å². The summed E-state index contributed by atoms with van der Waals surface area (Å²) >= 11 is 1.30. The van der Waals surface area contributed by atoms with Crippen LogP contribution in [0.1, 0.15) is 23.6 Å². The molecule has 0 aliphatic carbocycles. The van der Waals surface area contributed by atoms with E-state index in [1.54, 1.807) is 14.0 Å². The zero-order valence-corrected chi connectivity index (χ0v) is 20.5. The van der Waals surface area contributed by atoms with E-state index in [2.05, 4.69) is 10.6 Å². The molecule has 34 heavy (non-hydrogen) atoms. The van der Waals surface area contributed by atoms with Crippen molar-refractivity contribution in [3.05, 3.63) is 89.5 Å². The molecule has 0 aliphatic heterocycles. The van der Waals surface area contributed by atoms with Gasteiger partial charge in [-0.3, -0.25) is 9.59 Å². The van der Waals surface area contributed by atoms with Crippen LogP contribution >= 0.6 is 11.8 Å². The summed E-state index contributed by atoms with van der Waals surface area (Å²) in [5.74, 6) is 1.19. The minimum absolute atomic E-state index is 0.128. The van der Waals surface area contributed by atoms with Crippen LogP contribution in [0.2, 0.25) is 0 Å². The molecule has 1 unspecified atom stereocenters. The normalized spacial score (nSPS) is 11.4. The first kappa shape index (κ1) is 25.2.